The highest BCUT2D eigenvalue weighted by Gasteiger charge is 2.50. The van der Waals surface area contributed by atoms with Gasteiger partial charge in [0.25, 0.3) is 5.91 Å². The summed E-state index contributed by atoms with van der Waals surface area (Å²) in [6, 6.07) is 13.2. The summed E-state index contributed by atoms with van der Waals surface area (Å²) in [4.78, 5) is 30.1. The molecule has 0 aliphatic heterocycles. The van der Waals surface area contributed by atoms with E-state index in [9.17, 15) is 18.8 Å². The first-order valence-corrected chi connectivity index (χ1v) is 17.1. The average Bonchev–Trinajstić information content (AvgIpc) is 3.36. The van der Waals surface area contributed by atoms with Crippen molar-refractivity contribution in [1.29, 1.82) is 0 Å². The van der Waals surface area contributed by atoms with Gasteiger partial charge in [0, 0.05) is 25.6 Å². The molecule has 11 nitrogen and oxygen atoms in total. The summed E-state index contributed by atoms with van der Waals surface area (Å²) >= 11 is 0. The standard InChI is InChI=1S/C29H39FN2O9P2/c1-7-29(8-2,42(34,35)40-41-43(36,37-9-3)38-10-4)23-16-17-24(25(30)20-23)28(33)32(6)19-18-26-21(5)39-27(31-26)22-14-12-11-13-15-22/h11-17,20H,7-10,18-19H2,1-6H3,(H,34,35). The zero-order valence-electron chi connectivity index (χ0n) is 25.2. The van der Waals surface area contributed by atoms with Gasteiger partial charge in [-0.1, -0.05) is 38.1 Å². The van der Waals surface area contributed by atoms with Gasteiger partial charge in [-0.15, -0.1) is 9.35 Å². The Balaban J connectivity index is 1.77. The second-order valence-electron chi connectivity index (χ2n) is 9.75. The van der Waals surface area contributed by atoms with E-state index in [1.54, 1.807) is 27.8 Å². The van der Waals surface area contributed by atoms with Crippen molar-refractivity contribution in [2.75, 3.05) is 26.8 Å². The lowest BCUT2D eigenvalue weighted by Crippen LogP contribution is -2.30. The Bertz CT molecular complexity index is 1470. The highest BCUT2D eigenvalue weighted by Crippen LogP contribution is 2.67. The summed E-state index contributed by atoms with van der Waals surface area (Å²) in [7, 11) is -7.51. The Morgan fingerprint density at radius 1 is 1.02 bits per heavy atom. The molecule has 1 atom stereocenters. The summed E-state index contributed by atoms with van der Waals surface area (Å²) in [5.74, 6) is -0.342. The Labute approximate surface area is 251 Å². The maximum atomic E-state index is 15.4. The fourth-order valence-corrected chi connectivity index (χ4v) is 7.59. The molecule has 1 aromatic heterocycles. The third-order valence-corrected chi connectivity index (χ3v) is 11.0. The minimum atomic E-state index is -4.78. The average molecular weight is 641 g/mol. The Hall–Kier alpha value is -2.69. The zero-order chi connectivity index (χ0) is 31.8. The predicted molar refractivity (Wildman–Crippen MR) is 159 cm³/mol. The van der Waals surface area contributed by atoms with Gasteiger partial charge in [0.05, 0.1) is 29.6 Å². The fraction of sp³-hybridized carbons (Fsp3) is 0.448. The van der Waals surface area contributed by atoms with Gasteiger partial charge in [-0.05, 0) is 63.4 Å². The van der Waals surface area contributed by atoms with Gasteiger partial charge in [-0.2, -0.15) is 0 Å². The summed E-state index contributed by atoms with van der Waals surface area (Å²) < 4.78 is 66.9. The molecule has 1 heterocycles. The quantitative estimate of drug-likeness (QED) is 0.0955. The molecule has 1 N–H and O–H groups in total. The number of carbonyl (C=O) groups excluding carboxylic acids is 1. The van der Waals surface area contributed by atoms with Crippen LogP contribution in [-0.2, 0) is 39.1 Å². The van der Waals surface area contributed by atoms with Crippen LogP contribution in [0.5, 0.6) is 0 Å². The minimum Gasteiger partial charge on any atom is -0.441 e. The van der Waals surface area contributed by atoms with E-state index in [4.69, 9.17) is 22.8 Å². The molecule has 0 aliphatic rings. The number of benzene rings is 2. The number of likely N-dealkylation sites (N-methyl/N-ethyl adjacent to an activating group) is 1. The lowest BCUT2D eigenvalue weighted by atomic mass is 9.91. The van der Waals surface area contributed by atoms with Crippen molar-refractivity contribution >= 4 is 21.3 Å². The molecule has 2 aromatic carbocycles. The maximum Gasteiger partial charge on any atom is 0.502 e. The molecule has 0 spiro atoms. The lowest BCUT2D eigenvalue weighted by Gasteiger charge is -2.35. The summed E-state index contributed by atoms with van der Waals surface area (Å²) in [6.07, 6.45) is 0.447. The van der Waals surface area contributed by atoms with Crippen molar-refractivity contribution in [1.82, 2.24) is 9.88 Å². The molecule has 1 amide bonds. The van der Waals surface area contributed by atoms with E-state index in [1.165, 1.54) is 30.9 Å². The first-order chi connectivity index (χ1) is 20.4. The van der Waals surface area contributed by atoms with Gasteiger partial charge in [-0.3, -0.25) is 18.4 Å². The predicted octanol–water partition coefficient (Wildman–Crippen LogP) is 7.43. The molecule has 14 heteroatoms. The largest absolute Gasteiger partial charge is 0.502 e. The number of rotatable bonds is 16. The molecule has 0 saturated heterocycles. The molecule has 43 heavy (non-hydrogen) atoms. The van der Waals surface area contributed by atoms with Crippen LogP contribution in [0.4, 0.5) is 4.39 Å². The smallest absolute Gasteiger partial charge is 0.441 e. The number of nitrogens with zero attached hydrogens (tertiary/aromatic N) is 2. The molecular weight excluding hydrogens is 601 g/mol. The molecule has 3 rings (SSSR count). The van der Waals surface area contributed by atoms with Crippen LogP contribution in [0.25, 0.3) is 11.5 Å². The van der Waals surface area contributed by atoms with Crippen molar-refractivity contribution in [2.24, 2.45) is 0 Å². The van der Waals surface area contributed by atoms with Crippen molar-refractivity contribution in [3.63, 3.8) is 0 Å². The first kappa shape index (κ1) is 34.8. The number of hydrogen-bond acceptors (Lipinski definition) is 9. The third kappa shape index (κ3) is 7.88. The van der Waals surface area contributed by atoms with Crippen LogP contribution in [0, 0.1) is 12.7 Å². The lowest BCUT2D eigenvalue weighted by molar-refractivity contribution is -0.143. The third-order valence-electron chi connectivity index (χ3n) is 7.19. The van der Waals surface area contributed by atoms with E-state index >= 15 is 4.39 Å². The minimum absolute atomic E-state index is 0.0306. The van der Waals surface area contributed by atoms with Gasteiger partial charge in [0.2, 0.25) is 5.89 Å². The number of aromatic nitrogens is 1. The molecule has 0 aliphatic carbocycles. The first-order valence-electron chi connectivity index (χ1n) is 14.0. The molecular formula is C29H39FN2O9P2. The molecule has 3 aromatic rings. The highest BCUT2D eigenvalue weighted by atomic mass is 31.2. The SMILES string of the molecule is CCOP(=O)(OCC)OOP(=O)(O)C(CC)(CC)c1ccc(C(=O)N(C)CCc2nc(-c3ccccc3)oc2C)c(F)c1. The van der Waals surface area contributed by atoms with Crippen LogP contribution in [0.1, 0.15) is 67.9 Å². The van der Waals surface area contributed by atoms with E-state index in [0.717, 1.165) is 11.6 Å². The number of phosphoric acid groups is 1. The number of oxazole rings is 1. The maximum absolute atomic E-state index is 15.4. The van der Waals surface area contributed by atoms with Gasteiger partial charge < -0.3 is 14.2 Å². The monoisotopic (exact) mass is 640 g/mol. The van der Waals surface area contributed by atoms with E-state index in [1.807, 2.05) is 30.3 Å². The molecule has 0 bridgehead atoms. The van der Waals surface area contributed by atoms with E-state index in [0.29, 0.717) is 23.8 Å². The molecule has 0 fully saturated rings. The van der Waals surface area contributed by atoms with Crippen LogP contribution >= 0.6 is 15.4 Å². The van der Waals surface area contributed by atoms with Crippen LogP contribution < -0.4 is 0 Å². The van der Waals surface area contributed by atoms with Crippen LogP contribution in [0.3, 0.4) is 0 Å². The highest BCUT2D eigenvalue weighted by molar-refractivity contribution is 7.55. The number of hydrogen-bond donors (Lipinski definition) is 1. The van der Waals surface area contributed by atoms with Gasteiger partial charge >= 0.3 is 15.4 Å². The van der Waals surface area contributed by atoms with E-state index in [2.05, 4.69) is 4.98 Å². The van der Waals surface area contributed by atoms with Crippen LogP contribution in [-0.4, -0.2) is 47.5 Å². The Kier molecular flexibility index (Phi) is 12.0. The number of amides is 1. The Morgan fingerprint density at radius 2 is 1.65 bits per heavy atom. The van der Waals surface area contributed by atoms with Crippen LogP contribution in [0.15, 0.2) is 52.9 Å². The van der Waals surface area contributed by atoms with Gasteiger partial charge in [0.1, 0.15) is 11.6 Å². The molecule has 0 saturated carbocycles. The van der Waals surface area contributed by atoms with Gasteiger partial charge in [0.15, 0.2) is 0 Å². The number of phosphoric ester groups is 1. The molecule has 0 radical (unpaired) electrons. The normalized spacial score (nSPS) is 13.6. The van der Waals surface area contributed by atoms with Crippen molar-refractivity contribution < 1.29 is 46.0 Å². The van der Waals surface area contributed by atoms with Crippen LogP contribution in [0.2, 0.25) is 0 Å². The Morgan fingerprint density at radius 3 is 2.21 bits per heavy atom. The summed E-state index contributed by atoms with van der Waals surface area (Å²) in [6.45, 7) is 8.24. The number of carbonyl (C=O) groups is 1. The summed E-state index contributed by atoms with van der Waals surface area (Å²) in [5, 5.41) is -1.65. The van der Waals surface area contributed by atoms with Crippen molar-refractivity contribution in [2.45, 2.75) is 59.0 Å². The van der Waals surface area contributed by atoms with E-state index < -0.39 is 32.3 Å². The fourth-order valence-electron chi connectivity index (χ4n) is 4.70. The molecule has 236 valence electrons. The second-order valence-corrected chi connectivity index (χ2v) is 13.4. The van der Waals surface area contributed by atoms with Crippen molar-refractivity contribution in [3.8, 4) is 11.5 Å². The zero-order valence-corrected chi connectivity index (χ0v) is 27.0. The molecule has 1 unspecified atom stereocenters. The number of aryl methyl sites for hydroxylation is 1. The summed E-state index contributed by atoms with van der Waals surface area (Å²) in [5.41, 5.74) is 1.42. The number of halogens is 1. The van der Waals surface area contributed by atoms with E-state index in [-0.39, 0.29) is 43.7 Å². The second kappa shape index (κ2) is 14.9. The van der Waals surface area contributed by atoms with Crippen molar-refractivity contribution in [3.05, 3.63) is 76.9 Å². The van der Waals surface area contributed by atoms with Gasteiger partial charge in [-0.25, -0.2) is 13.9 Å². The topological polar surface area (TPSA) is 138 Å².